The molecule has 0 fully saturated rings. The van der Waals surface area contributed by atoms with Crippen LogP contribution >= 0.6 is 11.8 Å². The van der Waals surface area contributed by atoms with Crippen molar-refractivity contribution < 1.29 is 4.79 Å². The van der Waals surface area contributed by atoms with Crippen molar-refractivity contribution in [2.45, 2.75) is 9.92 Å². The molecule has 5 heteroatoms. The molecule has 90 valence electrons. The summed E-state index contributed by atoms with van der Waals surface area (Å²) in [5.74, 6) is -0.0587. The predicted octanol–water partition coefficient (Wildman–Crippen LogP) is 2.41. The second kappa shape index (κ2) is 4.03. The molecule has 3 rings (SSSR count). The predicted molar refractivity (Wildman–Crippen MR) is 71.9 cm³/mol. The topological polar surface area (TPSA) is 59.2 Å². The zero-order valence-corrected chi connectivity index (χ0v) is 10.6. The zero-order valence-electron chi connectivity index (χ0n) is 9.75. The molecule has 4 nitrogen and oxygen atoms in total. The Morgan fingerprint density at radius 1 is 1.33 bits per heavy atom. The molecule has 2 heterocycles. The van der Waals surface area contributed by atoms with Gasteiger partial charge in [-0.25, -0.2) is 4.98 Å². The molecule has 1 aromatic carbocycles. The van der Waals surface area contributed by atoms with E-state index in [2.05, 4.69) is 4.98 Å². The molecule has 0 saturated carbocycles. The van der Waals surface area contributed by atoms with Gasteiger partial charge in [0.05, 0.1) is 11.3 Å². The third kappa shape index (κ3) is 1.64. The first-order chi connectivity index (χ1) is 8.66. The molecule has 0 bridgehead atoms. The molecule has 0 spiro atoms. The third-order valence-electron chi connectivity index (χ3n) is 2.86. The van der Waals surface area contributed by atoms with E-state index in [9.17, 15) is 4.79 Å². The number of nitrogen functional groups attached to an aromatic ring is 1. The Balaban J connectivity index is 2.23. The third-order valence-corrected chi connectivity index (χ3v) is 3.94. The highest BCUT2D eigenvalue weighted by Crippen LogP contribution is 2.39. The minimum absolute atomic E-state index is 0.0587. The molecule has 1 aliphatic heterocycles. The Morgan fingerprint density at radius 3 is 3.00 bits per heavy atom. The first-order valence-electron chi connectivity index (χ1n) is 5.47. The number of nitrogens with zero attached hydrogens (tertiary/aromatic N) is 2. The van der Waals surface area contributed by atoms with Crippen molar-refractivity contribution in [2.24, 2.45) is 0 Å². The molecule has 1 aromatic heterocycles. The summed E-state index contributed by atoms with van der Waals surface area (Å²) in [4.78, 5) is 19.2. The van der Waals surface area contributed by atoms with Gasteiger partial charge in [0.2, 0.25) is 0 Å². The molecular weight excluding hydrogens is 246 g/mol. The van der Waals surface area contributed by atoms with E-state index in [1.165, 1.54) is 11.8 Å². The number of carbonyl (C=O) groups is 1. The van der Waals surface area contributed by atoms with Crippen LogP contribution in [0.15, 0.2) is 46.5 Å². The van der Waals surface area contributed by atoms with Crippen LogP contribution in [-0.4, -0.2) is 17.9 Å². The molecule has 1 aliphatic rings. The monoisotopic (exact) mass is 257 g/mol. The number of carbonyl (C=O) groups excluding carboxylic acids is 1. The van der Waals surface area contributed by atoms with Crippen LogP contribution in [0.5, 0.6) is 0 Å². The van der Waals surface area contributed by atoms with Gasteiger partial charge in [0.1, 0.15) is 5.03 Å². The Bertz CT molecular complexity index is 642. The highest BCUT2D eigenvalue weighted by molar-refractivity contribution is 7.99. The number of hydrogen-bond acceptors (Lipinski definition) is 4. The van der Waals surface area contributed by atoms with Crippen LogP contribution in [0.4, 0.5) is 11.4 Å². The average Bonchev–Trinajstić information content (AvgIpc) is 2.48. The van der Waals surface area contributed by atoms with Crippen molar-refractivity contribution in [2.75, 3.05) is 17.7 Å². The van der Waals surface area contributed by atoms with E-state index in [1.54, 1.807) is 30.3 Å². The lowest BCUT2D eigenvalue weighted by Gasteiger charge is -2.16. The zero-order chi connectivity index (χ0) is 12.7. The van der Waals surface area contributed by atoms with Crippen LogP contribution in [0.3, 0.4) is 0 Å². The van der Waals surface area contributed by atoms with Crippen molar-refractivity contribution in [3.05, 3.63) is 42.1 Å². The summed E-state index contributed by atoms with van der Waals surface area (Å²) in [7, 11) is 1.75. The van der Waals surface area contributed by atoms with Gasteiger partial charge in [-0.05, 0) is 30.3 Å². The molecule has 0 unspecified atom stereocenters. The van der Waals surface area contributed by atoms with E-state index >= 15 is 0 Å². The van der Waals surface area contributed by atoms with Gasteiger partial charge < -0.3 is 10.6 Å². The molecule has 18 heavy (non-hydrogen) atoms. The Kier molecular flexibility index (Phi) is 2.48. The fraction of sp³-hybridized carbons (Fsp3) is 0.0769. The largest absolute Gasteiger partial charge is 0.399 e. The van der Waals surface area contributed by atoms with Crippen LogP contribution in [0.25, 0.3) is 0 Å². The number of fused-ring (bicyclic) bond motifs is 2. The molecule has 0 atom stereocenters. The number of rotatable bonds is 0. The highest BCUT2D eigenvalue weighted by atomic mass is 32.2. The Labute approximate surface area is 109 Å². The quantitative estimate of drug-likeness (QED) is 0.736. The normalized spacial score (nSPS) is 13.8. The summed E-state index contributed by atoms with van der Waals surface area (Å²) in [6.45, 7) is 0. The summed E-state index contributed by atoms with van der Waals surface area (Å²) >= 11 is 1.49. The minimum Gasteiger partial charge on any atom is -0.399 e. The van der Waals surface area contributed by atoms with Crippen molar-refractivity contribution in [1.29, 1.82) is 0 Å². The van der Waals surface area contributed by atoms with Crippen LogP contribution in [0.1, 0.15) is 10.4 Å². The van der Waals surface area contributed by atoms with Gasteiger partial charge in [0.25, 0.3) is 5.91 Å². The number of benzene rings is 1. The average molecular weight is 257 g/mol. The molecule has 0 saturated heterocycles. The van der Waals surface area contributed by atoms with Gasteiger partial charge in [-0.1, -0.05) is 11.8 Å². The number of aromatic nitrogens is 1. The summed E-state index contributed by atoms with van der Waals surface area (Å²) in [5.41, 5.74) is 7.79. The second-order valence-corrected chi connectivity index (χ2v) is 5.08. The van der Waals surface area contributed by atoms with E-state index < -0.39 is 0 Å². The van der Waals surface area contributed by atoms with Gasteiger partial charge in [0.15, 0.2) is 0 Å². The maximum atomic E-state index is 12.4. The Morgan fingerprint density at radius 2 is 2.17 bits per heavy atom. The first kappa shape index (κ1) is 11.1. The van der Waals surface area contributed by atoms with E-state index in [0.29, 0.717) is 11.3 Å². The smallest absolute Gasteiger partial charge is 0.259 e. The number of anilines is 2. The lowest BCUT2D eigenvalue weighted by molar-refractivity contribution is 0.0990. The highest BCUT2D eigenvalue weighted by Gasteiger charge is 2.25. The van der Waals surface area contributed by atoms with E-state index in [4.69, 9.17) is 5.73 Å². The van der Waals surface area contributed by atoms with Crippen molar-refractivity contribution in [1.82, 2.24) is 4.98 Å². The van der Waals surface area contributed by atoms with Crippen molar-refractivity contribution in [3.8, 4) is 0 Å². The van der Waals surface area contributed by atoms with E-state index in [-0.39, 0.29) is 5.91 Å². The van der Waals surface area contributed by atoms with Crippen molar-refractivity contribution >= 4 is 29.0 Å². The van der Waals surface area contributed by atoms with Gasteiger partial charge >= 0.3 is 0 Å². The lowest BCUT2D eigenvalue weighted by Crippen LogP contribution is -2.26. The molecular formula is C13H11N3OS. The molecule has 0 radical (unpaired) electrons. The van der Waals surface area contributed by atoms with Crippen molar-refractivity contribution in [3.63, 3.8) is 0 Å². The van der Waals surface area contributed by atoms with Crippen LogP contribution < -0.4 is 10.6 Å². The van der Waals surface area contributed by atoms with Gasteiger partial charge in [-0.3, -0.25) is 4.79 Å². The van der Waals surface area contributed by atoms with Gasteiger partial charge in [-0.15, -0.1) is 0 Å². The van der Waals surface area contributed by atoms with Gasteiger partial charge in [0, 0.05) is 23.8 Å². The maximum absolute atomic E-state index is 12.4. The van der Waals surface area contributed by atoms with Crippen LogP contribution in [-0.2, 0) is 0 Å². The van der Waals surface area contributed by atoms with Crippen LogP contribution in [0.2, 0.25) is 0 Å². The SMILES string of the molecule is CN1C(=O)c2cc(N)ccc2Sc2ncccc21. The summed E-state index contributed by atoms with van der Waals surface area (Å²) in [6.07, 6.45) is 1.73. The number of hydrogen-bond donors (Lipinski definition) is 1. The van der Waals surface area contributed by atoms with E-state index in [0.717, 1.165) is 15.6 Å². The first-order valence-corrected chi connectivity index (χ1v) is 6.29. The summed E-state index contributed by atoms with van der Waals surface area (Å²) < 4.78 is 0. The lowest BCUT2D eigenvalue weighted by atomic mass is 10.1. The standard InChI is InChI=1S/C13H11N3OS/c1-16-10-3-2-6-15-12(10)18-11-5-4-8(14)7-9(11)13(16)17/h2-7H,14H2,1H3. The maximum Gasteiger partial charge on any atom is 0.259 e. The number of nitrogens with two attached hydrogens (primary N) is 1. The molecule has 2 aromatic rings. The van der Waals surface area contributed by atoms with Crippen LogP contribution in [0, 0.1) is 0 Å². The molecule has 1 amide bonds. The van der Waals surface area contributed by atoms with Gasteiger partial charge in [-0.2, -0.15) is 0 Å². The minimum atomic E-state index is -0.0587. The Hall–Kier alpha value is -2.01. The summed E-state index contributed by atoms with van der Waals surface area (Å²) in [6, 6.07) is 9.10. The fourth-order valence-electron chi connectivity index (χ4n) is 1.91. The summed E-state index contributed by atoms with van der Waals surface area (Å²) in [5, 5.41) is 0.830. The fourth-order valence-corrected chi connectivity index (χ4v) is 2.94. The molecule has 2 N–H and O–H groups in total. The molecule has 0 aliphatic carbocycles. The van der Waals surface area contributed by atoms with E-state index in [1.807, 2.05) is 18.2 Å². The number of pyridine rings is 1. The number of amides is 1. The second-order valence-electron chi connectivity index (χ2n) is 4.05.